The summed E-state index contributed by atoms with van der Waals surface area (Å²) in [6.45, 7) is 0.538. The van der Waals surface area contributed by atoms with Gasteiger partial charge in [0, 0.05) is 19.8 Å². The maximum Gasteiger partial charge on any atom is 0.318 e. The lowest BCUT2D eigenvalue weighted by atomic mass is 10.4. The van der Waals surface area contributed by atoms with Crippen molar-refractivity contribution in [3.63, 3.8) is 0 Å². The highest BCUT2D eigenvalue weighted by Gasteiger charge is 2.03. The average molecular weight is 211 g/mol. The Hall–Kier alpha value is -1.89. The van der Waals surface area contributed by atoms with Crippen molar-refractivity contribution < 1.29 is 9.59 Å². The Morgan fingerprint density at radius 3 is 2.87 bits per heavy atom. The molecular formula is C8H13N5O2. The molecule has 0 spiro atoms. The number of imide groups is 1. The van der Waals surface area contributed by atoms with Gasteiger partial charge in [0.15, 0.2) is 0 Å². The second-order valence-corrected chi connectivity index (χ2v) is 2.96. The number of rotatable bonds is 4. The fraction of sp³-hybridized carbons (Fsp3) is 0.375. The Morgan fingerprint density at radius 1 is 1.60 bits per heavy atom. The molecule has 7 heteroatoms. The van der Waals surface area contributed by atoms with Gasteiger partial charge >= 0.3 is 6.03 Å². The molecule has 82 valence electrons. The molecule has 0 aliphatic heterocycles. The third-order valence-corrected chi connectivity index (χ3v) is 1.78. The summed E-state index contributed by atoms with van der Waals surface area (Å²) >= 11 is 0. The fourth-order valence-electron chi connectivity index (χ4n) is 1.06. The third kappa shape index (κ3) is 3.77. The van der Waals surface area contributed by atoms with Crippen LogP contribution >= 0.6 is 0 Å². The predicted molar refractivity (Wildman–Crippen MR) is 52.6 cm³/mol. The van der Waals surface area contributed by atoms with Gasteiger partial charge in [-0.1, -0.05) is 0 Å². The van der Waals surface area contributed by atoms with Gasteiger partial charge in [-0.2, -0.15) is 5.10 Å². The van der Waals surface area contributed by atoms with Crippen LogP contribution in [0.4, 0.5) is 4.79 Å². The summed E-state index contributed by atoms with van der Waals surface area (Å²) in [5.74, 6) is -0.454. The number of urea groups is 1. The van der Waals surface area contributed by atoms with Crippen molar-refractivity contribution in [1.29, 1.82) is 0 Å². The normalized spacial score (nSPS) is 9.93. The lowest BCUT2D eigenvalue weighted by molar-refractivity contribution is -0.119. The molecular weight excluding hydrogens is 198 g/mol. The summed E-state index contributed by atoms with van der Waals surface area (Å²) in [7, 11) is 1.81. The van der Waals surface area contributed by atoms with Crippen molar-refractivity contribution in [3.8, 4) is 0 Å². The van der Waals surface area contributed by atoms with Crippen molar-refractivity contribution in [2.45, 2.75) is 6.54 Å². The molecule has 0 radical (unpaired) electrons. The number of hydrogen-bond donors (Lipinski definition) is 3. The van der Waals surface area contributed by atoms with Gasteiger partial charge in [0.05, 0.1) is 12.2 Å². The van der Waals surface area contributed by atoms with E-state index < -0.39 is 11.9 Å². The molecule has 3 amide bonds. The number of carbonyl (C=O) groups excluding carboxylic acids is 2. The predicted octanol–water partition coefficient (Wildman–Crippen LogP) is -1.30. The Balaban J connectivity index is 2.25. The number of aromatic nitrogens is 2. The highest BCUT2D eigenvalue weighted by Crippen LogP contribution is 1.93. The fourth-order valence-corrected chi connectivity index (χ4v) is 1.06. The van der Waals surface area contributed by atoms with Gasteiger partial charge in [0.1, 0.15) is 0 Å². The molecule has 1 rings (SSSR count). The first kappa shape index (κ1) is 11.2. The Bertz CT molecular complexity index is 360. The summed E-state index contributed by atoms with van der Waals surface area (Å²) < 4.78 is 1.69. The van der Waals surface area contributed by atoms with E-state index in [1.54, 1.807) is 17.9 Å². The van der Waals surface area contributed by atoms with Crippen molar-refractivity contribution in [2.75, 3.05) is 6.54 Å². The van der Waals surface area contributed by atoms with Crippen LogP contribution in [-0.2, 0) is 18.4 Å². The van der Waals surface area contributed by atoms with Crippen LogP contribution < -0.4 is 16.4 Å². The van der Waals surface area contributed by atoms with Crippen LogP contribution in [0.15, 0.2) is 12.3 Å². The number of aryl methyl sites for hydroxylation is 1. The van der Waals surface area contributed by atoms with Crippen molar-refractivity contribution in [2.24, 2.45) is 12.8 Å². The van der Waals surface area contributed by atoms with Crippen molar-refractivity contribution in [1.82, 2.24) is 20.4 Å². The SMILES string of the molecule is Cn1nccc1CNCC(=O)NC(N)=O. The van der Waals surface area contributed by atoms with Gasteiger partial charge in [-0.05, 0) is 6.07 Å². The summed E-state index contributed by atoms with van der Waals surface area (Å²) in [5, 5.41) is 8.77. The highest BCUT2D eigenvalue weighted by atomic mass is 16.2. The molecule has 0 atom stereocenters. The maximum atomic E-state index is 11.0. The second-order valence-electron chi connectivity index (χ2n) is 2.96. The van der Waals surface area contributed by atoms with Crippen LogP contribution in [0.3, 0.4) is 0 Å². The Morgan fingerprint density at radius 2 is 2.33 bits per heavy atom. The molecule has 0 fully saturated rings. The largest absolute Gasteiger partial charge is 0.351 e. The number of nitrogens with zero attached hydrogens (tertiary/aromatic N) is 2. The van der Waals surface area contributed by atoms with E-state index in [9.17, 15) is 9.59 Å². The highest BCUT2D eigenvalue weighted by molar-refractivity contribution is 5.94. The minimum absolute atomic E-state index is 0.0358. The first-order valence-electron chi connectivity index (χ1n) is 4.36. The molecule has 7 nitrogen and oxygen atoms in total. The molecule has 1 aromatic heterocycles. The zero-order valence-corrected chi connectivity index (χ0v) is 8.36. The molecule has 0 saturated heterocycles. The molecule has 0 aliphatic carbocycles. The molecule has 1 aromatic rings. The number of hydrogen-bond acceptors (Lipinski definition) is 4. The monoisotopic (exact) mass is 211 g/mol. The minimum atomic E-state index is -0.845. The Kier molecular flexibility index (Phi) is 3.81. The van der Waals surface area contributed by atoms with Gasteiger partial charge < -0.3 is 11.1 Å². The van der Waals surface area contributed by atoms with Crippen LogP contribution in [0.5, 0.6) is 0 Å². The van der Waals surface area contributed by atoms with E-state index in [1.165, 1.54) is 0 Å². The minimum Gasteiger partial charge on any atom is -0.351 e. The van der Waals surface area contributed by atoms with Crippen LogP contribution in [0, 0.1) is 0 Å². The summed E-state index contributed by atoms with van der Waals surface area (Å²) in [6.07, 6.45) is 1.67. The van der Waals surface area contributed by atoms with E-state index in [0.717, 1.165) is 5.69 Å². The third-order valence-electron chi connectivity index (χ3n) is 1.78. The Labute approximate surface area is 86.6 Å². The quantitative estimate of drug-likeness (QED) is 0.576. The van der Waals surface area contributed by atoms with E-state index >= 15 is 0 Å². The smallest absolute Gasteiger partial charge is 0.318 e. The van der Waals surface area contributed by atoms with Gasteiger partial charge in [0.25, 0.3) is 0 Å². The molecule has 1 heterocycles. The van der Waals surface area contributed by atoms with E-state index in [2.05, 4.69) is 10.4 Å². The first-order chi connectivity index (χ1) is 7.09. The lowest BCUT2D eigenvalue weighted by Gasteiger charge is -2.04. The van der Waals surface area contributed by atoms with Gasteiger partial charge in [-0.15, -0.1) is 0 Å². The number of carbonyl (C=O) groups is 2. The topological polar surface area (TPSA) is 102 Å². The van der Waals surface area contributed by atoms with Crippen LogP contribution in [0.2, 0.25) is 0 Å². The van der Waals surface area contributed by atoms with E-state index in [-0.39, 0.29) is 6.54 Å². The van der Waals surface area contributed by atoms with Gasteiger partial charge in [0.2, 0.25) is 5.91 Å². The van der Waals surface area contributed by atoms with Gasteiger partial charge in [-0.3, -0.25) is 14.8 Å². The van der Waals surface area contributed by atoms with Gasteiger partial charge in [-0.25, -0.2) is 4.79 Å². The zero-order chi connectivity index (χ0) is 11.3. The molecule has 4 N–H and O–H groups in total. The zero-order valence-electron chi connectivity index (χ0n) is 8.36. The average Bonchev–Trinajstić information content (AvgIpc) is 2.50. The number of nitrogens with two attached hydrogens (primary N) is 1. The number of nitrogens with one attached hydrogen (secondary N) is 2. The van der Waals surface area contributed by atoms with Crippen LogP contribution in [0.1, 0.15) is 5.69 Å². The molecule has 15 heavy (non-hydrogen) atoms. The van der Waals surface area contributed by atoms with Crippen molar-refractivity contribution in [3.05, 3.63) is 18.0 Å². The summed E-state index contributed by atoms with van der Waals surface area (Å²) in [5.41, 5.74) is 5.72. The van der Waals surface area contributed by atoms with E-state index in [1.807, 2.05) is 11.4 Å². The molecule has 0 saturated carbocycles. The molecule has 0 aliphatic rings. The molecule has 0 aromatic carbocycles. The standard InChI is InChI=1S/C8H13N5O2/c1-13-6(2-3-11-13)4-10-5-7(14)12-8(9)15/h2-3,10H,4-5H2,1H3,(H3,9,12,14,15). The maximum absolute atomic E-state index is 11.0. The molecule has 0 bridgehead atoms. The van der Waals surface area contributed by atoms with E-state index in [4.69, 9.17) is 5.73 Å². The number of amides is 3. The second kappa shape index (κ2) is 5.11. The summed E-state index contributed by atoms with van der Waals surface area (Å²) in [6, 6.07) is 0.987. The van der Waals surface area contributed by atoms with Crippen LogP contribution in [-0.4, -0.2) is 28.3 Å². The number of primary amides is 1. The molecule has 0 unspecified atom stereocenters. The van der Waals surface area contributed by atoms with E-state index in [0.29, 0.717) is 6.54 Å². The lowest BCUT2D eigenvalue weighted by Crippen LogP contribution is -2.40. The summed E-state index contributed by atoms with van der Waals surface area (Å²) in [4.78, 5) is 21.3. The van der Waals surface area contributed by atoms with Crippen molar-refractivity contribution >= 4 is 11.9 Å². The van der Waals surface area contributed by atoms with Crippen LogP contribution in [0.25, 0.3) is 0 Å². The first-order valence-corrected chi connectivity index (χ1v) is 4.36.